The van der Waals surface area contributed by atoms with Gasteiger partial charge in [-0.25, -0.2) is 0 Å². The van der Waals surface area contributed by atoms with Crippen molar-refractivity contribution in [1.82, 2.24) is 0 Å². The van der Waals surface area contributed by atoms with E-state index in [0.29, 0.717) is 27.9 Å². The third-order valence-electron chi connectivity index (χ3n) is 5.72. The summed E-state index contributed by atoms with van der Waals surface area (Å²) < 4.78 is 16.1. The normalized spacial score (nSPS) is 14.9. The Morgan fingerprint density at radius 2 is 1.64 bits per heavy atom. The first-order valence-electron chi connectivity index (χ1n) is 11.3. The highest BCUT2D eigenvalue weighted by atomic mass is 35.5. The van der Waals surface area contributed by atoms with E-state index in [0.717, 1.165) is 11.3 Å². The predicted octanol–water partition coefficient (Wildman–Crippen LogP) is 4.98. The van der Waals surface area contributed by atoms with E-state index in [2.05, 4.69) is 5.32 Å². The third kappa shape index (κ3) is 6.14. The first kappa shape index (κ1) is 25.1. The Kier molecular flexibility index (Phi) is 7.75. The highest BCUT2D eigenvalue weighted by Gasteiger charge is 2.36. The molecule has 1 saturated heterocycles. The van der Waals surface area contributed by atoms with Gasteiger partial charge in [0.2, 0.25) is 5.91 Å². The van der Waals surface area contributed by atoms with E-state index >= 15 is 0 Å². The minimum Gasteiger partial charge on any atom is -0.497 e. The van der Waals surface area contributed by atoms with Gasteiger partial charge in [0.05, 0.1) is 13.0 Å². The monoisotopic (exact) mass is 508 g/mol. The van der Waals surface area contributed by atoms with Crippen LogP contribution in [0.25, 0.3) is 0 Å². The maximum absolute atomic E-state index is 12.6. The van der Waals surface area contributed by atoms with E-state index in [9.17, 15) is 14.4 Å². The fourth-order valence-electron chi connectivity index (χ4n) is 3.76. The topological polar surface area (TPSA) is 94.2 Å². The second-order valence-electron chi connectivity index (χ2n) is 8.29. The molecule has 186 valence electrons. The highest BCUT2D eigenvalue weighted by Crippen LogP contribution is 2.30. The molecule has 3 aromatic carbocycles. The van der Waals surface area contributed by atoms with Gasteiger partial charge in [-0.2, -0.15) is 0 Å². The summed E-state index contributed by atoms with van der Waals surface area (Å²) in [4.78, 5) is 38.8. The Hall–Kier alpha value is -4.04. The van der Waals surface area contributed by atoms with Crippen LogP contribution in [0.15, 0.2) is 66.7 Å². The molecule has 0 unspecified atom stereocenters. The molecular formula is C27H25ClN2O6. The molecule has 0 radical (unpaired) electrons. The van der Waals surface area contributed by atoms with Gasteiger partial charge in [0.15, 0.2) is 6.61 Å². The van der Waals surface area contributed by atoms with Gasteiger partial charge in [-0.15, -0.1) is 0 Å². The predicted molar refractivity (Wildman–Crippen MR) is 136 cm³/mol. The standard InChI is InChI=1S/C27H25ClN2O6/c1-17-3-4-19(28)14-24(17)29-25(31)16-35-27(33)18-13-26(32)30(15-18)20-5-7-22(8-6-20)36-23-11-9-21(34-2)10-12-23/h3-12,14,18H,13,15-16H2,1-2H3,(H,29,31)/t18-/m0/s1. The Morgan fingerprint density at radius 3 is 2.31 bits per heavy atom. The van der Waals surface area contributed by atoms with Crippen LogP contribution in [-0.2, 0) is 19.1 Å². The van der Waals surface area contributed by atoms with Crippen LogP contribution in [0.3, 0.4) is 0 Å². The number of nitrogens with one attached hydrogen (secondary N) is 1. The Bertz CT molecular complexity index is 1260. The third-order valence-corrected chi connectivity index (χ3v) is 5.96. The molecule has 9 heteroatoms. The van der Waals surface area contributed by atoms with Crippen molar-refractivity contribution < 1.29 is 28.6 Å². The lowest BCUT2D eigenvalue weighted by Crippen LogP contribution is -2.28. The van der Waals surface area contributed by atoms with Crippen LogP contribution in [0, 0.1) is 12.8 Å². The number of nitrogens with zero attached hydrogens (tertiary/aromatic N) is 1. The van der Waals surface area contributed by atoms with Crippen LogP contribution in [0.1, 0.15) is 12.0 Å². The first-order valence-corrected chi connectivity index (χ1v) is 11.6. The SMILES string of the molecule is COc1ccc(Oc2ccc(N3C[C@@H](C(=O)OCC(=O)Nc4cc(Cl)ccc4C)CC3=O)cc2)cc1. The lowest BCUT2D eigenvalue weighted by Gasteiger charge is -2.17. The summed E-state index contributed by atoms with van der Waals surface area (Å²) in [5, 5.41) is 3.16. The van der Waals surface area contributed by atoms with Crippen LogP contribution in [0.4, 0.5) is 11.4 Å². The fraction of sp³-hybridized carbons (Fsp3) is 0.222. The summed E-state index contributed by atoms with van der Waals surface area (Å²) in [7, 11) is 1.60. The minimum absolute atomic E-state index is 0.0119. The summed E-state index contributed by atoms with van der Waals surface area (Å²) in [6.07, 6.45) is 0.0119. The van der Waals surface area contributed by atoms with E-state index in [1.54, 1.807) is 73.8 Å². The quantitative estimate of drug-likeness (QED) is 0.431. The number of anilines is 2. The molecule has 1 fully saturated rings. The van der Waals surface area contributed by atoms with Gasteiger partial charge in [0.25, 0.3) is 5.91 Å². The molecule has 0 saturated carbocycles. The molecule has 1 heterocycles. The van der Waals surface area contributed by atoms with Crippen molar-refractivity contribution in [3.8, 4) is 17.2 Å². The van der Waals surface area contributed by atoms with E-state index in [4.69, 9.17) is 25.8 Å². The molecular weight excluding hydrogens is 484 g/mol. The largest absolute Gasteiger partial charge is 0.497 e. The molecule has 2 amide bonds. The molecule has 4 rings (SSSR count). The molecule has 1 N–H and O–H groups in total. The van der Waals surface area contributed by atoms with Crippen LogP contribution < -0.4 is 19.7 Å². The van der Waals surface area contributed by atoms with E-state index in [1.807, 2.05) is 6.92 Å². The van der Waals surface area contributed by atoms with Gasteiger partial charge in [0.1, 0.15) is 17.2 Å². The number of carbonyl (C=O) groups excluding carboxylic acids is 3. The van der Waals surface area contributed by atoms with E-state index in [-0.39, 0.29) is 18.9 Å². The number of halogens is 1. The zero-order valence-electron chi connectivity index (χ0n) is 19.8. The van der Waals surface area contributed by atoms with Gasteiger partial charge >= 0.3 is 5.97 Å². The van der Waals surface area contributed by atoms with Crippen molar-refractivity contribution in [2.45, 2.75) is 13.3 Å². The van der Waals surface area contributed by atoms with Crippen LogP contribution in [0.5, 0.6) is 17.2 Å². The number of rotatable bonds is 8. The molecule has 1 aliphatic rings. The Balaban J connectivity index is 1.29. The van der Waals surface area contributed by atoms with Crippen LogP contribution >= 0.6 is 11.6 Å². The second-order valence-corrected chi connectivity index (χ2v) is 8.73. The summed E-state index contributed by atoms with van der Waals surface area (Å²) in [6.45, 7) is 1.55. The van der Waals surface area contributed by atoms with Gasteiger partial charge in [-0.3, -0.25) is 14.4 Å². The lowest BCUT2D eigenvalue weighted by atomic mass is 10.1. The number of methoxy groups -OCH3 is 1. The van der Waals surface area contributed by atoms with Gasteiger partial charge < -0.3 is 24.4 Å². The molecule has 0 aromatic heterocycles. The number of ether oxygens (including phenoxy) is 3. The van der Waals surface area contributed by atoms with Crippen molar-refractivity contribution in [2.24, 2.45) is 5.92 Å². The van der Waals surface area contributed by atoms with Crippen molar-refractivity contribution >= 4 is 40.8 Å². The smallest absolute Gasteiger partial charge is 0.311 e. The molecule has 1 atom stereocenters. The molecule has 0 bridgehead atoms. The summed E-state index contributed by atoms with van der Waals surface area (Å²) in [5.41, 5.74) is 2.02. The van der Waals surface area contributed by atoms with Crippen LogP contribution in [-0.4, -0.2) is 38.0 Å². The maximum Gasteiger partial charge on any atom is 0.311 e. The maximum atomic E-state index is 12.6. The molecule has 0 spiro atoms. The summed E-state index contributed by atoms with van der Waals surface area (Å²) in [5.74, 6) is 0.0552. The minimum atomic E-state index is -0.659. The molecule has 0 aliphatic carbocycles. The van der Waals surface area contributed by atoms with E-state index < -0.39 is 24.4 Å². The zero-order valence-corrected chi connectivity index (χ0v) is 20.6. The highest BCUT2D eigenvalue weighted by molar-refractivity contribution is 6.31. The number of aryl methyl sites for hydroxylation is 1. The number of hydrogen-bond acceptors (Lipinski definition) is 6. The van der Waals surface area contributed by atoms with Crippen molar-refractivity contribution in [2.75, 3.05) is 30.5 Å². The molecule has 1 aliphatic heterocycles. The van der Waals surface area contributed by atoms with Crippen molar-refractivity contribution in [3.63, 3.8) is 0 Å². The first-order chi connectivity index (χ1) is 17.3. The van der Waals surface area contributed by atoms with Gasteiger partial charge in [0, 0.05) is 29.4 Å². The average Bonchev–Trinajstić information content (AvgIpc) is 3.27. The van der Waals surface area contributed by atoms with Crippen molar-refractivity contribution in [3.05, 3.63) is 77.3 Å². The van der Waals surface area contributed by atoms with Crippen LogP contribution in [0.2, 0.25) is 5.02 Å². The fourth-order valence-corrected chi connectivity index (χ4v) is 3.93. The number of esters is 1. The lowest BCUT2D eigenvalue weighted by molar-refractivity contribution is -0.151. The second kappa shape index (κ2) is 11.1. The van der Waals surface area contributed by atoms with E-state index in [1.165, 1.54) is 4.90 Å². The van der Waals surface area contributed by atoms with Crippen molar-refractivity contribution in [1.29, 1.82) is 0 Å². The number of carbonyl (C=O) groups is 3. The molecule has 3 aromatic rings. The molecule has 8 nitrogen and oxygen atoms in total. The Labute approximate surface area is 213 Å². The average molecular weight is 509 g/mol. The number of hydrogen-bond donors (Lipinski definition) is 1. The molecule has 36 heavy (non-hydrogen) atoms. The summed E-state index contributed by atoms with van der Waals surface area (Å²) >= 11 is 5.96. The summed E-state index contributed by atoms with van der Waals surface area (Å²) in [6, 6.07) is 19.3. The number of amides is 2. The van der Waals surface area contributed by atoms with Gasteiger partial charge in [-0.1, -0.05) is 17.7 Å². The van der Waals surface area contributed by atoms with Gasteiger partial charge in [-0.05, 0) is 73.2 Å². The zero-order chi connectivity index (χ0) is 25.7. The number of benzene rings is 3. The Morgan fingerprint density at radius 1 is 1.00 bits per heavy atom.